The van der Waals surface area contributed by atoms with Gasteiger partial charge in [0.05, 0.1) is 0 Å². The monoisotopic (exact) mass is 275 g/mol. The molecule has 1 amide bonds. The molecule has 1 saturated heterocycles. The standard InChI is InChI=1S/C16H25N3O/c1-12(2)11-18-16(20)14-5-4-6-15(13(14)3)19-9-7-17-8-10-19/h4-6,12,17H,7-11H2,1-3H3,(H,18,20). The number of carbonyl (C=O) groups is 1. The molecule has 20 heavy (non-hydrogen) atoms. The fraction of sp³-hybridized carbons (Fsp3) is 0.562. The van der Waals surface area contributed by atoms with Crippen LogP contribution in [0, 0.1) is 12.8 Å². The van der Waals surface area contributed by atoms with Crippen LogP contribution in [0.3, 0.4) is 0 Å². The molecule has 1 heterocycles. The minimum atomic E-state index is 0.0354. The lowest BCUT2D eigenvalue weighted by molar-refractivity contribution is 0.0948. The molecule has 1 fully saturated rings. The highest BCUT2D eigenvalue weighted by atomic mass is 16.1. The largest absolute Gasteiger partial charge is 0.369 e. The predicted molar refractivity (Wildman–Crippen MR) is 83.4 cm³/mol. The van der Waals surface area contributed by atoms with Gasteiger partial charge >= 0.3 is 0 Å². The van der Waals surface area contributed by atoms with E-state index in [2.05, 4.69) is 35.4 Å². The van der Waals surface area contributed by atoms with Crippen LogP contribution in [0.1, 0.15) is 29.8 Å². The van der Waals surface area contributed by atoms with E-state index < -0.39 is 0 Å². The molecule has 1 aliphatic heterocycles. The van der Waals surface area contributed by atoms with Gasteiger partial charge in [0.25, 0.3) is 5.91 Å². The minimum absolute atomic E-state index is 0.0354. The zero-order valence-corrected chi connectivity index (χ0v) is 12.7. The molecule has 0 unspecified atom stereocenters. The minimum Gasteiger partial charge on any atom is -0.369 e. The average Bonchev–Trinajstić information content (AvgIpc) is 2.46. The molecular formula is C16H25N3O. The van der Waals surface area contributed by atoms with Crippen molar-refractivity contribution >= 4 is 11.6 Å². The Labute approximate surface area is 121 Å². The quantitative estimate of drug-likeness (QED) is 0.880. The number of anilines is 1. The SMILES string of the molecule is Cc1c(C(=O)NCC(C)C)cccc1N1CCNCC1. The third-order valence-corrected chi connectivity index (χ3v) is 3.68. The summed E-state index contributed by atoms with van der Waals surface area (Å²) >= 11 is 0. The van der Waals surface area contributed by atoms with E-state index in [1.54, 1.807) is 0 Å². The number of hydrogen-bond donors (Lipinski definition) is 2. The number of piperazine rings is 1. The Morgan fingerprint density at radius 3 is 2.70 bits per heavy atom. The van der Waals surface area contributed by atoms with E-state index in [0.717, 1.165) is 43.9 Å². The Balaban J connectivity index is 2.16. The summed E-state index contributed by atoms with van der Waals surface area (Å²) in [7, 11) is 0. The van der Waals surface area contributed by atoms with Gasteiger partial charge in [-0.15, -0.1) is 0 Å². The lowest BCUT2D eigenvalue weighted by Crippen LogP contribution is -2.44. The molecular weight excluding hydrogens is 250 g/mol. The Morgan fingerprint density at radius 2 is 2.05 bits per heavy atom. The van der Waals surface area contributed by atoms with Crippen molar-refractivity contribution in [1.82, 2.24) is 10.6 Å². The number of carbonyl (C=O) groups excluding carboxylic acids is 1. The van der Waals surface area contributed by atoms with Crippen LogP contribution in [0.15, 0.2) is 18.2 Å². The van der Waals surface area contributed by atoms with Crippen LogP contribution >= 0.6 is 0 Å². The molecule has 1 aromatic rings. The van der Waals surface area contributed by atoms with Gasteiger partial charge in [0.1, 0.15) is 0 Å². The maximum Gasteiger partial charge on any atom is 0.251 e. The highest BCUT2D eigenvalue weighted by molar-refractivity contribution is 5.97. The van der Waals surface area contributed by atoms with Gasteiger partial charge < -0.3 is 15.5 Å². The van der Waals surface area contributed by atoms with E-state index in [1.807, 2.05) is 19.1 Å². The highest BCUT2D eigenvalue weighted by Gasteiger charge is 2.17. The van der Waals surface area contributed by atoms with Gasteiger partial charge in [-0.3, -0.25) is 4.79 Å². The summed E-state index contributed by atoms with van der Waals surface area (Å²) in [5.41, 5.74) is 3.06. The first-order valence-corrected chi connectivity index (χ1v) is 7.43. The highest BCUT2D eigenvalue weighted by Crippen LogP contribution is 2.23. The van der Waals surface area contributed by atoms with Gasteiger partial charge in [-0.1, -0.05) is 19.9 Å². The van der Waals surface area contributed by atoms with Crippen molar-refractivity contribution in [2.75, 3.05) is 37.6 Å². The Kier molecular flexibility index (Phi) is 5.01. The Morgan fingerprint density at radius 1 is 1.35 bits per heavy atom. The normalized spacial score (nSPS) is 15.5. The molecule has 0 bridgehead atoms. The molecule has 2 rings (SSSR count). The van der Waals surface area contributed by atoms with Gasteiger partial charge in [-0.2, -0.15) is 0 Å². The average molecular weight is 275 g/mol. The molecule has 1 aliphatic rings. The van der Waals surface area contributed by atoms with Crippen molar-refractivity contribution in [2.45, 2.75) is 20.8 Å². The van der Waals surface area contributed by atoms with Gasteiger partial charge in [0.15, 0.2) is 0 Å². The Bertz CT molecular complexity index is 465. The van der Waals surface area contributed by atoms with Gasteiger partial charge in [-0.25, -0.2) is 0 Å². The van der Waals surface area contributed by atoms with Gasteiger partial charge in [0, 0.05) is 44.0 Å². The van der Waals surface area contributed by atoms with Crippen LogP contribution in [-0.4, -0.2) is 38.6 Å². The van der Waals surface area contributed by atoms with Crippen molar-refractivity contribution in [1.29, 1.82) is 0 Å². The van der Waals surface area contributed by atoms with E-state index in [-0.39, 0.29) is 5.91 Å². The lowest BCUT2D eigenvalue weighted by Gasteiger charge is -2.31. The maximum atomic E-state index is 12.3. The number of rotatable bonds is 4. The van der Waals surface area contributed by atoms with E-state index >= 15 is 0 Å². The molecule has 0 saturated carbocycles. The zero-order valence-electron chi connectivity index (χ0n) is 12.7. The first kappa shape index (κ1) is 14.9. The first-order valence-electron chi connectivity index (χ1n) is 7.43. The first-order chi connectivity index (χ1) is 9.59. The third-order valence-electron chi connectivity index (χ3n) is 3.68. The van der Waals surface area contributed by atoms with Crippen LogP contribution in [-0.2, 0) is 0 Å². The van der Waals surface area contributed by atoms with E-state index in [1.165, 1.54) is 5.69 Å². The van der Waals surface area contributed by atoms with Crippen LogP contribution in [0.2, 0.25) is 0 Å². The second-order valence-corrected chi connectivity index (χ2v) is 5.79. The smallest absolute Gasteiger partial charge is 0.251 e. The van der Waals surface area contributed by atoms with Crippen LogP contribution in [0.4, 0.5) is 5.69 Å². The molecule has 0 spiro atoms. The summed E-state index contributed by atoms with van der Waals surface area (Å²) in [4.78, 5) is 14.6. The van der Waals surface area contributed by atoms with Crippen molar-refractivity contribution in [2.24, 2.45) is 5.92 Å². The van der Waals surface area contributed by atoms with E-state index in [4.69, 9.17) is 0 Å². The molecule has 4 nitrogen and oxygen atoms in total. The molecule has 2 N–H and O–H groups in total. The van der Waals surface area contributed by atoms with Gasteiger partial charge in [-0.05, 0) is 30.5 Å². The second kappa shape index (κ2) is 6.75. The fourth-order valence-corrected chi connectivity index (χ4v) is 2.51. The number of nitrogens with one attached hydrogen (secondary N) is 2. The fourth-order valence-electron chi connectivity index (χ4n) is 2.51. The van der Waals surface area contributed by atoms with Crippen molar-refractivity contribution in [3.05, 3.63) is 29.3 Å². The van der Waals surface area contributed by atoms with E-state index in [0.29, 0.717) is 5.92 Å². The number of amides is 1. The van der Waals surface area contributed by atoms with Crippen molar-refractivity contribution < 1.29 is 4.79 Å². The Hall–Kier alpha value is -1.55. The molecule has 0 aliphatic carbocycles. The van der Waals surface area contributed by atoms with Crippen LogP contribution in [0.5, 0.6) is 0 Å². The topological polar surface area (TPSA) is 44.4 Å². The van der Waals surface area contributed by atoms with E-state index in [9.17, 15) is 4.79 Å². The summed E-state index contributed by atoms with van der Waals surface area (Å²) in [5, 5.41) is 6.35. The summed E-state index contributed by atoms with van der Waals surface area (Å²) in [6.07, 6.45) is 0. The summed E-state index contributed by atoms with van der Waals surface area (Å²) in [5.74, 6) is 0.504. The third kappa shape index (κ3) is 3.51. The summed E-state index contributed by atoms with van der Waals surface area (Å²) in [6, 6.07) is 6.01. The zero-order chi connectivity index (χ0) is 14.5. The van der Waals surface area contributed by atoms with Crippen LogP contribution in [0.25, 0.3) is 0 Å². The molecule has 0 aromatic heterocycles. The number of hydrogen-bond acceptors (Lipinski definition) is 3. The predicted octanol–water partition coefficient (Wildman–Crippen LogP) is 1.79. The lowest BCUT2D eigenvalue weighted by atomic mass is 10.0. The van der Waals surface area contributed by atoms with Crippen molar-refractivity contribution in [3.63, 3.8) is 0 Å². The molecule has 4 heteroatoms. The molecule has 1 aromatic carbocycles. The molecule has 0 atom stereocenters. The maximum absolute atomic E-state index is 12.3. The second-order valence-electron chi connectivity index (χ2n) is 5.79. The summed E-state index contributed by atoms with van der Waals surface area (Å²) < 4.78 is 0. The molecule has 110 valence electrons. The van der Waals surface area contributed by atoms with Crippen molar-refractivity contribution in [3.8, 4) is 0 Å². The summed E-state index contributed by atoms with van der Waals surface area (Å²) in [6.45, 7) is 11.0. The molecule has 0 radical (unpaired) electrons. The number of benzene rings is 1. The van der Waals surface area contributed by atoms with Crippen LogP contribution < -0.4 is 15.5 Å². The number of nitrogens with zero attached hydrogens (tertiary/aromatic N) is 1. The van der Waals surface area contributed by atoms with Gasteiger partial charge in [0.2, 0.25) is 0 Å².